The standard InChI is InChI=1S/C8HF17O3S.Li/c9-2(6(18,19)20,7(21,22)23)3(10,11)1(4(12,13)14,5(15,16)17)8(24,25)29(26,27)28;/h(H,26,27,28);/q;+1/p-1. The Labute approximate surface area is 164 Å². The second-order valence-electron chi connectivity index (χ2n) is 4.94. The van der Waals surface area contributed by atoms with Gasteiger partial charge in [-0.3, -0.25) is 0 Å². The minimum absolute atomic E-state index is 0. The van der Waals surface area contributed by atoms with Crippen LogP contribution in [0.4, 0.5) is 74.6 Å². The van der Waals surface area contributed by atoms with Crippen molar-refractivity contribution < 1.29 is 106 Å². The van der Waals surface area contributed by atoms with Crippen LogP contribution in [0.1, 0.15) is 0 Å². The largest absolute Gasteiger partial charge is 1.00 e. The Balaban J connectivity index is 0. The zero-order valence-electron chi connectivity index (χ0n) is 13.1. The number of hydrogen-bond donors (Lipinski definition) is 0. The van der Waals surface area contributed by atoms with Crippen LogP contribution in [-0.4, -0.2) is 54.5 Å². The minimum atomic E-state index is -9.45. The molecule has 0 saturated carbocycles. The van der Waals surface area contributed by atoms with Gasteiger partial charge in [0.25, 0.3) is 0 Å². The normalized spacial score (nSPS) is 16.3. The van der Waals surface area contributed by atoms with E-state index in [4.69, 9.17) is 0 Å². The average Bonchev–Trinajstić information content (AvgIpc) is 2.28. The van der Waals surface area contributed by atoms with Crippen molar-refractivity contribution in [2.75, 3.05) is 0 Å². The zero-order chi connectivity index (χ0) is 24.5. The molecule has 0 atom stereocenters. The van der Waals surface area contributed by atoms with Crippen LogP contribution in [0.25, 0.3) is 0 Å². The summed E-state index contributed by atoms with van der Waals surface area (Å²) in [6.07, 6.45) is -34.7. The fraction of sp³-hybridized carbons (Fsp3) is 1.00. The topological polar surface area (TPSA) is 57.2 Å². The van der Waals surface area contributed by atoms with Crippen LogP contribution in [0.2, 0.25) is 0 Å². The average molecular weight is 506 g/mol. The van der Waals surface area contributed by atoms with Crippen molar-refractivity contribution in [3.63, 3.8) is 0 Å². The second-order valence-corrected chi connectivity index (χ2v) is 6.37. The Morgan fingerprint density at radius 3 is 0.867 bits per heavy atom. The molecule has 0 aliphatic carbocycles. The van der Waals surface area contributed by atoms with Crippen LogP contribution in [0, 0.1) is 5.41 Å². The Morgan fingerprint density at radius 1 is 0.500 bits per heavy atom. The Kier molecular flexibility index (Phi) is 7.81. The van der Waals surface area contributed by atoms with Gasteiger partial charge in [0.1, 0.15) is 0 Å². The summed E-state index contributed by atoms with van der Waals surface area (Å²) in [7, 11) is -8.77. The molecule has 30 heavy (non-hydrogen) atoms. The van der Waals surface area contributed by atoms with Gasteiger partial charge in [-0.15, -0.1) is 0 Å². The maximum Gasteiger partial charge on any atom is 1.00 e. The third-order valence-corrected chi connectivity index (χ3v) is 4.22. The quantitative estimate of drug-likeness (QED) is 0.332. The summed E-state index contributed by atoms with van der Waals surface area (Å²) in [6, 6.07) is 0. The first-order chi connectivity index (χ1) is 12.0. The summed E-state index contributed by atoms with van der Waals surface area (Å²) in [5.41, 5.74) is -18.4. The van der Waals surface area contributed by atoms with Crippen LogP contribution in [0.15, 0.2) is 0 Å². The summed E-state index contributed by atoms with van der Waals surface area (Å²) in [5, 5.41) is -8.73. The SMILES string of the molecule is O=S(=O)([O-])C(F)(F)C(C(F)(F)F)(C(F)(F)F)C(F)(F)C(F)(C(F)(F)F)C(F)(F)F.[Li+]. The van der Waals surface area contributed by atoms with Gasteiger partial charge in [-0.2, -0.15) is 61.5 Å². The summed E-state index contributed by atoms with van der Waals surface area (Å²) < 4.78 is 248. The van der Waals surface area contributed by atoms with Crippen molar-refractivity contribution in [1.29, 1.82) is 0 Å². The van der Waals surface area contributed by atoms with Gasteiger partial charge in [-0.1, -0.05) is 0 Å². The molecule has 0 saturated heterocycles. The van der Waals surface area contributed by atoms with E-state index in [1.54, 1.807) is 0 Å². The van der Waals surface area contributed by atoms with Crippen LogP contribution >= 0.6 is 0 Å². The van der Waals surface area contributed by atoms with Crippen LogP contribution in [0.5, 0.6) is 0 Å². The van der Waals surface area contributed by atoms with Crippen LogP contribution in [0.3, 0.4) is 0 Å². The van der Waals surface area contributed by atoms with E-state index in [1.165, 1.54) is 0 Å². The van der Waals surface area contributed by atoms with E-state index in [0.29, 0.717) is 0 Å². The third-order valence-electron chi connectivity index (χ3n) is 3.29. The fourth-order valence-corrected chi connectivity index (χ4v) is 2.73. The predicted octanol–water partition coefficient (Wildman–Crippen LogP) is 1.71. The first kappa shape index (κ1) is 31.5. The molecule has 0 aromatic heterocycles. The van der Waals surface area contributed by atoms with Gasteiger partial charge in [-0.25, -0.2) is 21.6 Å². The van der Waals surface area contributed by atoms with E-state index in [0.717, 1.165) is 0 Å². The Bertz CT molecular complexity index is 698. The molecule has 0 rings (SSSR count). The summed E-state index contributed by atoms with van der Waals surface area (Å²) in [4.78, 5) is 0. The molecule has 0 radical (unpaired) electrons. The van der Waals surface area contributed by atoms with Crippen molar-refractivity contribution in [2.24, 2.45) is 5.41 Å². The van der Waals surface area contributed by atoms with Crippen LogP contribution in [-0.2, 0) is 10.1 Å². The molecular formula is C8F17LiO3S. The first-order valence-corrected chi connectivity index (χ1v) is 7.08. The van der Waals surface area contributed by atoms with E-state index >= 15 is 0 Å². The van der Waals surface area contributed by atoms with E-state index in [-0.39, 0.29) is 18.9 Å². The van der Waals surface area contributed by atoms with Crippen molar-refractivity contribution in [2.45, 2.75) is 41.6 Å². The summed E-state index contributed by atoms with van der Waals surface area (Å²) in [6.45, 7) is 0. The predicted molar refractivity (Wildman–Crippen MR) is 50.1 cm³/mol. The van der Waals surface area contributed by atoms with Crippen molar-refractivity contribution in [1.82, 2.24) is 0 Å². The monoisotopic (exact) mass is 506 g/mol. The van der Waals surface area contributed by atoms with Crippen molar-refractivity contribution in [3.05, 3.63) is 0 Å². The van der Waals surface area contributed by atoms with Gasteiger partial charge in [-0.05, 0) is 0 Å². The number of halogens is 17. The molecule has 0 bridgehead atoms. The van der Waals surface area contributed by atoms with Crippen molar-refractivity contribution >= 4 is 10.1 Å². The van der Waals surface area contributed by atoms with Crippen molar-refractivity contribution in [3.8, 4) is 0 Å². The molecule has 0 fully saturated rings. The molecule has 22 heteroatoms. The second kappa shape index (κ2) is 7.43. The number of rotatable bonds is 4. The van der Waals surface area contributed by atoms with E-state index in [1.807, 2.05) is 0 Å². The Morgan fingerprint density at radius 2 is 0.733 bits per heavy atom. The van der Waals surface area contributed by atoms with Gasteiger partial charge in [0.15, 0.2) is 10.1 Å². The molecule has 0 unspecified atom stereocenters. The molecule has 0 N–H and O–H groups in total. The maximum absolute atomic E-state index is 13.7. The van der Waals surface area contributed by atoms with Crippen LogP contribution < -0.4 is 18.9 Å². The summed E-state index contributed by atoms with van der Waals surface area (Å²) in [5.74, 6) is -9.45. The zero-order valence-corrected chi connectivity index (χ0v) is 13.9. The molecule has 0 aromatic carbocycles. The third kappa shape index (κ3) is 3.72. The van der Waals surface area contributed by atoms with E-state index in [2.05, 4.69) is 0 Å². The number of alkyl halides is 17. The first-order valence-electron chi connectivity index (χ1n) is 5.67. The molecule has 0 aliphatic rings. The smallest absolute Gasteiger partial charge is 0.743 e. The maximum atomic E-state index is 13.7. The van der Waals surface area contributed by atoms with E-state index in [9.17, 15) is 87.6 Å². The molecular weight excluding hydrogens is 506 g/mol. The fourth-order valence-electron chi connectivity index (χ4n) is 1.99. The molecule has 0 heterocycles. The molecule has 0 aliphatic heterocycles. The molecule has 0 aromatic rings. The van der Waals surface area contributed by atoms with Gasteiger partial charge in [0.05, 0.1) is 0 Å². The molecule has 0 amide bonds. The number of hydrogen-bond acceptors (Lipinski definition) is 3. The van der Waals surface area contributed by atoms with Gasteiger partial charge >= 0.3 is 65.8 Å². The summed E-state index contributed by atoms with van der Waals surface area (Å²) >= 11 is 0. The molecule has 176 valence electrons. The van der Waals surface area contributed by atoms with Gasteiger partial charge in [0.2, 0.25) is 0 Å². The minimum Gasteiger partial charge on any atom is -0.743 e. The molecule has 3 nitrogen and oxygen atoms in total. The van der Waals surface area contributed by atoms with E-state index < -0.39 is 57.1 Å². The van der Waals surface area contributed by atoms with Gasteiger partial charge in [0, 0.05) is 0 Å². The Hall–Kier alpha value is -0.683. The van der Waals surface area contributed by atoms with Gasteiger partial charge < -0.3 is 4.55 Å². The molecule has 0 spiro atoms.